The molecule has 104 valence electrons. The molecule has 20 heavy (non-hydrogen) atoms. The monoisotopic (exact) mass is 267 g/mol. The summed E-state index contributed by atoms with van der Waals surface area (Å²) >= 11 is 0. The summed E-state index contributed by atoms with van der Waals surface area (Å²) in [6.45, 7) is 4.76. The molecule has 2 aromatic carbocycles. The Hall–Kier alpha value is -2.09. The van der Waals surface area contributed by atoms with Crippen LogP contribution in [0.3, 0.4) is 0 Å². The van der Waals surface area contributed by atoms with Gasteiger partial charge >= 0.3 is 0 Å². The SMILES string of the molecule is CCCc1ccccc1-c1cccc(C(=O)NCC)c1. The van der Waals surface area contributed by atoms with Gasteiger partial charge in [-0.05, 0) is 42.2 Å². The van der Waals surface area contributed by atoms with Gasteiger partial charge in [-0.15, -0.1) is 0 Å². The van der Waals surface area contributed by atoms with E-state index in [1.807, 2.05) is 31.2 Å². The van der Waals surface area contributed by atoms with E-state index in [-0.39, 0.29) is 5.91 Å². The van der Waals surface area contributed by atoms with Crippen LogP contribution in [-0.2, 0) is 6.42 Å². The maximum absolute atomic E-state index is 11.9. The molecule has 0 aliphatic carbocycles. The quantitative estimate of drug-likeness (QED) is 0.869. The number of hydrogen-bond donors (Lipinski definition) is 1. The van der Waals surface area contributed by atoms with Crippen molar-refractivity contribution >= 4 is 5.91 Å². The zero-order valence-electron chi connectivity index (χ0n) is 12.1. The van der Waals surface area contributed by atoms with Gasteiger partial charge in [0.2, 0.25) is 0 Å². The predicted molar refractivity (Wildman–Crippen MR) is 83.9 cm³/mol. The molecule has 2 aromatic rings. The fourth-order valence-corrected chi connectivity index (χ4v) is 2.38. The van der Waals surface area contributed by atoms with E-state index in [4.69, 9.17) is 0 Å². The largest absolute Gasteiger partial charge is 0.352 e. The van der Waals surface area contributed by atoms with Crippen LogP contribution in [0.4, 0.5) is 0 Å². The highest BCUT2D eigenvalue weighted by Gasteiger charge is 2.08. The number of carbonyl (C=O) groups excluding carboxylic acids is 1. The maximum atomic E-state index is 11.9. The molecule has 0 saturated heterocycles. The summed E-state index contributed by atoms with van der Waals surface area (Å²) in [7, 11) is 0. The van der Waals surface area contributed by atoms with Crippen LogP contribution in [0.2, 0.25) is 0 Å². The number of rotatable bonds is 5. The summed E-state index contributed by atoms with van der Waals surface area (Å²) in [5.74, 6) is -0.0117. The summed E-state index contributed by atoms with van der Waals surface area (Å²) in [6.07, 6.45) is 2.18. The van der Waals surface area contributed by atoms with Crippen LogP contribution in [-0.4, -0.2) is 12.5 Å². The maximum Gasteiger partial charge on any atom is 0.251 e. The molecule has 0 aliphatic rings. The topological polar surface area (TPSA) is 29.1 Å². The second-order valence-corrected chi connectivity index (χ2v) is 4.85. The Morgan fingerprint density at radius 1 is 1.05 bits per heavy atom. The highest BCUT2D eigenvalue weighted by Crippen LogP contribution is 2.25. The number of amides is 1. The van der Waals surface area contributed by atoms with Crippen molar-refractivity contribution in [2.24, 2.45) is 0 Å². The van der Waals surface area contributed by atoms with Gasteiger partial charge < -0.3 is 5.32 Å². The van der Waals surface area contributed by atoms with E-state index >= 15 is 0 Å². The first kappa shape index (κ1) is 14.3. The molecule has 0 radical (unpaired) electrons. The zero-order valence-corrected chi connectivity index (χ0v) is 12.1. The minimum absolute atomic E-state index is 0.0117. The Morgan fingerprint density at radius 3 is 2.60 bits per heavy atom. The van der Waals surface area contributed by atoms with Gasteiger partial charge in [-0.25, -0.2) is 0 Å². The van der Waals surface area contributed by atoms with Crippen molar-refractivity contribution in [2.75, 3.05) is 6.54 Å². The zero-order chi connectivity index (χ0) is 14.4. The van der Waals surface area contributed by atoms with Crippen LogP contribution in [0.5, 0.6) is 0 Å². The van der Waals surface area contributed by atoms with Crippen molar-refractivity contribution in [1.29, 1.82) is 0 Å². The van der Waals surface area contributed by atoms with Crippen molar-refractivity contribution in [3.8, 4) is 11.1 Å². The fourth-order valence-electron chi connectivity index (χ4n) is 2.38. The third-order valence-corrected chi connectivity index (χ3v) is 3.31. The molecule has 2 rings (SSSR count). The Labute approximate surface area is 120 Å². The van der Waals surface area contributed by atoms with Crippen LogP contribution >= 0.6 is 0 Å². The molecule has 0 saturated carbocycles. The van der Waals surface area contributed by atoms with Gasteiger partial charge in [0.1, 0.15) is 0 Å². The molecule has 0 unspecified atom stereocenters. The molecule has 2 nitrogen and oxygen atoms in total. The summed E-state index contributed by atoms with van der Waals surface area (Å²) in [4.78, 5) is 11.9. The van der Waals surface area contributed by atoms with Crippen molar-refractivity contribution < 1.29 is 4.79 Å². The molecular formula is C18H21NO. The number of aryl methyl sites for hydroxylation is 1. The lowest BCUT2D eigenvalue weighted by atomic mass is 9.95. The van der Waals surface area contributed by atoms with Crippen molar-refractivity contribution in [3.05, 3.63) is 59.7 Å². The first-order chi connectivity index (χ1) is 9.76. The average Bonchev–Trinajstić information content (AvgIpc) is 2.48. The third kappa shape index (κ3) is 3.27. The number of carbonyl (C=O) groups is 1. The van der Waals surface area contributed by atoms with E-state index in [2.05, 4.69) is 36.5 Å². The van der Waals surface area contributed by atoms with Gasteiger partial charge in [0.05, 0.1) is 0 Å². The van der Waals surface area contributed by atoms with Crippen molar-refractivity contribution in [2.45, 2.75) is 26.7 Å². The molecule has 0 spiro atoms. The second-order valence-electron chi connectivity index (χ2n) is 4.85. The van der Waals surface area contributed by atoms with E-state index in [1.54, 1.807) is 0 Å². The van der Waals surface area contributed by atoms with Crippen LogP contribution in [0.15, 0.2) is 48.5 Å². The lowest BCUT2D eigenvalue weighted by molar-refractivity contribution is 0.0956. The molecular weight excluding hydrogens is 246 g/mol. The molecule has 2 heteroatoms. The fraction of sp³-hybridized carbons (Fsp3) is 0.278. The van der Waals surface area contributed by atoms with Gasteiger partial charge in [-0.1, -0.05) is 49.7 Å². The summed E-state index contributed by atoms with van der Waals surface area (Å²) in [5, 5.41) is 2.84. The molecule has 0 aliphatic heterocycles. The molecule has 1 amide bonds. The summed E-state index contributed by atoms with van der Waals surface area (Å²) < 4.78 is 0. The minimum Gasteiger partial charge on any atom is -0.352 e. The molecule has 1 N–H and O–H groups in total. The standard InChI is InChI=1S/C18H21NO/c1-3-8-14-9-5-6-12-17(14)15-10-7-11-16(13-15)18(20)19-4-2/h5-7,9-13H,3-4,8H2,1-2H3,(H,19,20). The first-order valence-corrected chi connectivity index (χ1v) is 7.22. The molecule has 0 aromatic heterocycles. The van der Waals surface area contributed by atoms with Gasteiger partial charge in [-0.2, -0.15) is 0 Å². The summed E-state index contributed by atoms with van der Waals surface area (Å²) in [6, 6.07) is 16.3. The third-order valence-electron chi connectivity index (χ3n) is 3.31. The molecule has 0 heterocycles. The smallest absolute Gasteiger partial charge is 0.251 e. The number of nitrogens with one attached hydrogen (secondary N) is 1. The van der Waals surface area contributed by atoms with Gasteiger partial charge in [0, 0.05) is 12.1 Å². The highest BCUT2D eigenvalue weighted by molar-refractivity contribution is 5.95. The summed E-state index contributed by atoms with van der Waals surface area (Å²) in [5.41, 5.74) is 4.39. The molecule has 0 atom stereocenters. The first-order valence-electron chi connectivity index (χ1n) is 7.22. The lowest BCUT2D eigenvalue weighted by Crippen LogP contribution is -2.22. The Kier molecular flexibility index (Phi) is 4.94. The molecule has 0 fully saturated rings. The van der Waals surface area contributed by atoms with Gasteiger partial charge in [0.15, 0.2) is 0 Å². The van der Waals surface area contributed by atoms with E-state index in [1.165, 1.54) is 11.1 Å². The van der Waals surface area contributed by atoms with Crippen LogP contribution in [0.25, 0.3) is 11.1 Å². The Bertz CT molecular complexity index is 589. The van der Waals surface area contributed by atoms with Crippen LogP contribution < -0.4 is 5.32 Å². The minimum atomic E-state index is -0.0117. The van der Waals surface area contributed by atoms with E-state index in [0.29, 0.717) is 6.54 Å². The highest BCUT2D eigenvalue weighted by atomic mass is 16.1. The predicted octanol–water partition coefficient (Wildman–Crippen LogP) is 4.06. The number of benzene rings is 2. The van der Waals surface area contributed by atoms with Gasteiger partial charge in [0.25, 0.3) is 5.91 Å². The normalized spacial score (nSPS) is 10.3. The lowest BCUT2D eigenvalue weighted by Gasteiger charge is -2.10. The van der Waals surface area contributed by atoms with Crippen molar-refractivity contribution in [1.82, 2.24) is 5.32 Å². The van der Waals surface area contributed by atoms with E-state index in [9.17, 15) is 4.79 Å². The second kappa shape index (κ2) is 6.90. The Morgan fingerprint density at radius 2 is 1.85 bits per heavy atom. The van der Waals surface area contributed by atoms with E-state index in [0.717, 1.165) is 24.0 Å². The molecule has 0 bridgehead atoms. The average molecular weight is 267 g/mol. The van der Waals surface area contributed by atoms with Gasteiger partial charge in [-0.3, -0.25) is 4.79 Å². The van der Waals surface area contributed by atoms with E-state index < -0.39 is 0 Å². The van der Waals surface area contributed by atoms with Crippen LogP contribution in [0, 0.1) is 0 Å². The number of hydrogen-bond acceptors (Lipinski definition) is 1. The van der Waals surface area contributed by atoms with Crippen molar-refractivity contribution in [3.63, 3.8) is 0 Å². The Balaban J connectivity index is 2.38. The van der Waals surface area contributed by atoms with Crippen LogP contribution in [0.1, 0.15) is 36.2 Å².